The highest BCUT2D eigenvalue weighted by molar-refractivity contribution is 5.91. The molecule has 2 fully saturated rings. The first-order valence-electron chi connectivity index (χ1n) is 12.6. The maximum absolute atomic E-state index is 13.5. The molecule has 2 aromatic rings. The highest BCUT2D eigenvalue weighted by Gasteiger charge is 2.50. The number of urea groups is 1. The lowest BCUT2D eigenvalue weighted by molar-refractivity contribution is -0.187. The van der Waals surface area contributed by atoms with Gasteiger partial charge in [-0.3, -0.25) is 9.59 Å². The van der Waals surface area contributed by atoms with Crippen LogP contribution in [0.4, 0.5) is 9.18 Å². The van der Waals surface area contributed by atoms with Crippen molar-refractivity contribution in [2.45, 2.75) is 44.9 Å². The molecule has 4 amide bonds. The molecule has 198 valence electrons. The van der Waals surface area contributed by atoms with Crippen LogP contribution < -0.4 is 10.1 Å². The fraction of sp³-hybridized carbons (Fsp3) is 0.444. The van der Waals surface area contributed by atoms with E-state index in [2.05, 4.69) is 5.32 Å². The summed E-state index contributed by atoms with van der Waals surface area (Å²) < 4.78 is 18.5. The van der Waals surface area contributed by atoms with E-state index in [1.165, 1.54) is 17.1 Å². The van der Waals surface area contributed by atoms with Gasteiger partial charge in [0.25, 0.3) is 0 Å². The van der Waals surface area contributed by atoms with Crippen molar-refractivity contribution in [1.82, 2.24) is 25.1 Å². The first-order chi connectivity index (χ1) is 17.8. The smallest absolute Gasteiger partial charge is 0.334 e. The normalized spacial score (nSPS) is 20.2. The zero-order valence-electron chi connectivity index (χ0n) is 21.5. The second-order valence-electron chi connectivity index (χ2n) is 9.41. The molecule has 0 bridgehead atoms. The van der Waals surface area contributed by atoms with Crippen molar-refractivity contribution < 1.29 is 23.5 Å². The van der Waals surface area contributed by atoms with Crippen molar-refractivity contribution in [3.05, 3.63) is 65.5 Å². The van der Waals surface area contributed by atoms with Gasteiger partial charge in [0.1, 0.15) is 23.8 Å². The van der Waals surface area contributed by atoms with Gasteiger partial charge in [0.15, 0.2) is 0 Å². The number of halogens is 1. The molecule has 2 aromatic carbocycles. The molecule has 2 saturated heterocycles. The topological polar surface area (TPSA) is 85.4 Å². The molecule has 10 heteroatoms. The third kappa shape index (κ3) is 5.85. The Morgan fingerprint density at radius 2 is 1.76 bits per heavy atom. The van der Waals surface area contributed by atoms with Crippen molar-refractivity contribution in [2.75, 3.05) is 33.8 Å². The molecule has 0 unspecified atom stereocenters. The molecule has 1 N–H and O–H groups in total. The minimum atomic E-state index is -0.621. The lowest BCUT2D eigenvalue weighted by Crippen LogP contribution is -2.76. The summed E-state index contributed by atoms with van der Waals surface area (Å²) in [4.78, 5) is 43.3. The number of nitrogens with one attached hydrogen (secondary N) is 1. The van der Waals surface area contributed by atoms with Crippen LogP contribution in [0.5, 0.6) is 5.75 Å². The number of fused-ring (bicyclic) bond motifs is 1. The van der Waals surface area contributed by atoms with Crippen molar-refractivity contribution in [3.63, 3.8) is 0 Å². The fourth-order valence-corrected chi connectivity index (χ4v) is 4.97. The second kappa shape index (κ2) is 11.6. The Kier molecular flexibility index (Phi) is 8.27. The Hall–Kier alpha value is -3.66. The van der Waals surface area contributed by atoms with Crippen LogP contribution in [0.25, 0.3) is 0 Å². The van der Waals surface area contributed by atoms with Gasteiger partial charge in [-0.05, 0) is 48.2 Å². The van der Waals surface area contributed by atoms with Crippen LogP contribution in [0.1, 0.15) is 30.9 Å². The van der Waals surface area contributed by atoms with Crippen LogP contribution in [0.2, 0.25) is 0 Å². The van der Waals surface area contributed by atoms with E-state index in [9.17, 15) is 18.8 Å². The molecular weight excluding hydrogens is 477 g/mol. The number of carbonyl (C=O) groups excluding carboxylic acids is 3. The SMILES string of the molecule is CCC[C@H]1C(=O)N(CCc2ccc(OC)cc2)C[C@H]2N1C(=O)CN(C)N2C(=O)NCc1ccc(F)cc1. The Labute approximate surface area is 216 Å². The van der Waals surface area contributed by atoms with Crippen LogP contribution in [0.3, 0.4) is 0 Å². The second-order valence-corrected chi connectivity index (χ2v) is 9.41. The van der Waals surface area contributed by atoms with Crippen molar-refractivity contribution in [2.24, 2.45) is 0 Å². The molecule has 2 aliphatic rings. The van der Waals surface area contributed by atoms with E-state index in [1.807, 2.05) is 31.2 Å². The van der Waals surface area contributed by atoms with Gasteiger partial charge >= 0.3 is 6.03 Å². The van der Waals surface area contributed by atoms with Crippen LogP contribution in [-0.4, -0.2) is 83.7 Å². The van der Waals surface area contributed by atoms with E-state index in [0.717, 1.165) is 23.3 Å². The standard InChI is InChI=1S/C27H34FN5O4/c1-4-5-23-26(35)31(15-14-19-8-12-22(37-3)13-9-19)17-24-32(23)25(34)18-30(2)33(24)27(36)29-16-20-6-10-21(28)11-7-20/h6-13,23-24H,4-5,14-18H2,1-3H3,(H,29,36)/t23-,24-/m0/s1. The number of ether oxygens (including phenoxy) is 1. The fourth-order valence-electron chi connectivity index (χ4n) is 4.97. The van der Waals surface area contributed by atoms with E-state index < -0.39 is 12.2 Å². The molecule has 0 radical (unpaired) electrons. The largest absolute Gasteiger partial charge is 0.497 e. The van der Waals surface area contributed by atoms with E-state index in [0.29, 0.717) is 19.4 Å². The third-order valence-corrected chi connectivity index (χ3v) is 6.90. The zero-order chi connectivity index (χ0) is 26.5. The molecule has 0 spiro atoms. The first-order valence-corrected chi connectivity index (χ1v) is 12.6. The molecule has 0 aliphatic carbocycles. The number of piperazine rings is 1. The summed E-state index contributed by atoms with van der Waals surface area (Å²) >= 11 is 0. The average Bonchev–Trinajstić information content (AvgIpc) is 2.89. The van der Waals surface area contributed by atoms with Gasteiger partial charge in [-0.25, -0.2) is 19.2 Å². The molecule has 4 rings (SSSR count). The lowest BCUT2D eigenvalue weighted by Gasteiger charge is -2.54. The molecule has 2 atom stereocenters. The zero-order valence-corrected chi connectivity index (χ0v) is 21.5. The van der Waals surface area contributed by atoms with Crippen LogP contribution in [-0.2, 0) is 22.6 Å². The maximum Gasteiger partial charge on any atom is 0.334 e. The van der Waals surface area contributed by atoms with E-state index in [4.69, 9.17) is 4.74 Å². The number of rotatable bonds is 8. The van der Waals surface area contributed by atoms with Gasteiger partial charge < -0.3 is 19.9 Å². The van der Waals surface area contributed by atoms with Gasteiger partial charge in [-0.2, -0.15) is 0 Å². The molecule has 37 heavy (non-hydrogen) atoms. The summed E-state index contributed by atoms with van der Waals surface area (Å²) in [6, 6.07) is 12.6. The minimum absolute atomic E-state index is 0.000188. The van der Waals surface area contributed by atoms with E-state index >= 15 is 0 Å². The number of methoxy groups -OCH3 is 1. The minimum Gasteiger partial charge on any atom is -0.497 e. The molecular formula is C27H34FN5O4. The summed E-state index contributed by atoms with van der Waals surface area (Å²) in [6.45, 7) is 2.88. The van der Waals surface area contributed by atoms with Gasteiger partial charge in [0.05, 0.1) is 20.2 Å². The molecule has 2 aliphatic heterocycles. The van der Waals surface area contributed by atoms with Crippen molar-refractivity contribution in [1.29, 1.82) is 0 Å². The first kappa shape index (κ1) is 26.4. The molecule has 2 heterocycles. The Balaban J connectivity index is 1.52. The number of nitrogens with zero attached hydrogens (tertiary/aromatic N) is 4. The summed E-state index contributed by atoms with van der Waals surface area (Å²) in [5.74, 6) is 0.166. The predicted octanol–water partition coefficient (Wildman–Crippen LogP) is 2.61. The highest BCUT2D eigenvalue weighted by Crippen LogP contribution is 2.28. The van der Waals surface area contributed by atoms with Gasteiger partial charge in [0, 0.05) is 20.1 Å². The average molecular weight is 512 g/mol. The summed E-state index contributed by atoms with van der Waals surface area (Å²) in [5.41, 5.74) is 1.82. The van der Waals surface area contributed by atoms with Gasteiger partial charge in [0.2, 0.25) is 11.8 Å². The summed E-state index contributed by atoms with van der Waals surface area (Å²) in [6.07, 6.45) is 1.27. The van der Waals surface area contributed by atoms with Crippen molar-refractivity contribution in [3.8, 4) is 5.75 Å². The Morgan fingerprint density at radius 1 is 1.08 bits per heavy atom. The Morgan fingerprint density at radius 3 is 2.41 bits per heavy atom. The van der Waals surface area contributed by atoms with Crippen LogP contribution in [0, 0.1) is 5.82 Å². The predicted molar refractivity (Wildman–Crippen MR) is 136 cm³/mol. The summed E-state index contributed by atoms with van der Waals surface area (Å²) in [7, 11) is 3.31. The monoisotopic (exact) mass is 511 g/mol. The number of amides is 4. The molecule has 0 aromatic heterocycles. The number of hydrogen-bond acceptors (Lipinski definition) is 5. The van der Waals surface area contributed by atoms with E-state index in [1.54, 1.807) is 41.1 Å². The van der Waals surface area contributed by atoms with E-state index in [-0.39, 0.29) is 43.3 Å². The third-order valence-electron chi connectivity index (χ3n) is 6.90. The highest BCUT2D eigenvalue weighted by atomic mass is 19.1. The number of hydrogen-bond donors (Lipinski definition) is 1. The number of hydrazine groups is 1. The summed E-state index contributed by atoms with van der Waals surface area (Å²) in [5, 5.41) is 6.01. The maximum atomic E-state index is 13.5. The van der Waals surface area contributed by atoms with Gasteiger partial charge in [-0.1, -0.05) is 37.6 Å². The molecule has 9 nitrogen and oxygen atoms in total. The lowest BCUT2D eigenvalue weighted by atomic mass is 10.0. The van der Waals surface area contributed by atoms with Crippen molar-refractivity contribution >= 4 is 17.8 Å². The van der Waals surface area contributed by atoms with Gasteiger partial charge in [-0.15, -0.1) is 0 Å². The van der Waals surface area contributed by atoms with Crippen LogP contribution >= 0.6 is 0 Å². The van der Waals surface area contributed by atoms with Crippen LogP contribution in [0.15, 0.2) is 48.5 Å². The quantitative estimate of drug-likeness (QED) is 0.589. The number of carbonyl (C=O) groups is 3. The molecule has 0 saturated carbocycles. The number of benzene rings is 2. The Bertz CT molecular complexity index is 1110. The number of likely N-dealkylation sites (N-methyl/N-ethyl adjacent to an activating group) is 1.